The van der Waals surface area contributed by atoms with E-state index >= 15 is 0 Å². The summed E-state index contributed by atoms with van der Waals surface area (Å²) in [7, 11) is 0. The number of hydrogen-bond acceptors (Lipinski definition) is 3. The van der Waals surface area contributed by atoms with E-state index in [1.807, 2.05) is 17.9 Å². The molecule has 2 unspecified atom stereocenters. The number of carbonyl (C=O) groups is 1. The monoisotopic (exact) mass is 252 g/mol. The summed E-state index contributed by atoms with van der Waals surface area (Å²) in [6.45, 7) is 5.00. The van der Waals surface area contributed by atoms with Crippen molar-refractivity contribution in [3.63, 3.8) is 0 Å². The van der Waals surface area contributed by atoms with Crippen LogP contribution in [0.25, 0.3) is 0 Å². The molecule has 0 spiro atoms. The van der Waals surface area contributed by atoms with Crippen LogP contribution in [0, 0.1) is 0 Å². The third-order valence-corrected chi connectivity index (χ3v) is 4.11. The van der Waals surface area contributed by atoms with Crippen LogP contribution in [0.1, 0.15) is 44.2 Å². The average molecular weight is 252 g/mol. The second-order valence-electron chi connectivity index (χ2n) is 4.55. The van der Waals surface area contributed by atoms with Gasteiger partial charge >= 0.3 is 0 Å². The van der Waals surface area contributed by atoms with E-state index < -0.39 is 0 Å². The van der Waals surface area contributed by atoms with Crippen LogP contribution in [-0.2, 0) is 4.79 Å². The minimum Gasteiger partial charge on any atom is -0.321 e. The first-order valence-corrected chi connectivity index (χ1v) is 7.22. The van der Waals surface area contributed by atoms with E-state index in [9.17, 15) is 4.79 Å². The van der Waals surface area contributed by atoms with Crippen molar-refractivity contribution in [2.75, 3.05) is 6.54 Å². The minimum atomic E-state index is -0.0521. The fraction of sp³-hybridized carbons (Fsp3) is 0.615. The molecule has 1 fully saturated rings. The summed E-state index contributed by atoms with van der Waals surface area (Å²) in [5.74, 6) is 0.236. The first-order chi connectivity index (χ1) is 8.24. The van der Waals surface area contributed by atoms with Crippen molar-refractivity contribution in [3.8, 4) is 0 Å². The van der Waals surface area contributed by atoms with Crippen LogP contribution in [0.15, 0.2) is 17.5 Å². The fourth-order valence-electron chi connectivity index (χ4n) is 2.23. The van der Waals surface area contributed by atoms with Gasteiger partial charge in [-0.2, -0.15) is 0 Å². The Hall–Kier alpha value is -0.870. The first-order valence-electron chi connectivity index (χ1n) is 6.34. The van der Waals surface area contributed by atoms with E-state index in [0.717, 1.165) is 13.0 Å². The van der Waals surface area contributed by atoms with Gasteiger partial charge in [-0.3, -0.25) is 10.1 Å². The number of amides is 1. The zero-order valence-electron chi connectivity index (χ0n) is 10.5. The summed E-state index contributed by atoms with van der Waals surface area (Å²) in [4.78, 5) is 15.3. The van der Waals surface area contributed by atoms with E-state index in [0.29, 0.717) is 0 Å². The Morgan fingerprint density at radius 2 is 2.29 bits per heavy atom. The molecule has 2 heterocycles. The molecule has 1 saturated heterocycles. The van der Waals surface area contributed by atoms with Crippen LogP contribution in [0.2, 0.25) is 0 Å². The lowest BCUT2D eigenvalue weighted by molar-refractivity contribution is -0.129. The lowest BCUT2D eigenvalue weighted by atomic mass is 10.2. The highest BCUT2D eigenvalue weighted by molar-refractivity contribution is 7.10. The minimum absolute atomic E-state index is 0.0521. The molecular formula is C13H20N2OS. The van der Waals surface area contributed by atoms with Gasteiger partial charge < -0.3 is 4.90 Å². The van der Waals surface area contributed by atoms with Gasteiger partial charge in [-0.05, 0) is 24.8 Å². The van der Waals surface area contributed by atoms with Gasteiger partial charge in [0.1, 0.15) is 6.17 Å². The molecule has 0 radical (unpaired) electrons. The quantitative estimate of drug-likeness (QED) is 0.817. The standard InChI is InChI=1S/C13H20N2OS/c1-3-4-5-8-15-12(11-7-6-9-17-11)14-10(2)13(15)16/h6-7,9-10,12,14H,3-5,8H2,1-2H3. The van der Waals surface area contributed by atoms with E-state index in [2.05, 4.69) is 23.7 Å². The molecule has 1 aliphatic rings. The zero-order valence-corrected chi connectivity index (χ0v) is 11.3. The number of carbonyl (C=O) groups excluding carboxylic acids is 1. The Kier molecular flexibility index (Phi) is 4.18. The van der Waals surface area contributed by atoms with Crippen molar-refractivity contribution < 1.29 is 4.79 Å². The molecule has 2 atom stereocenters. The highest BCUT2D eigenvalue weighted by Crippen LogP contribution is 2.28. The van der Waals surface area contributed by atoms with Crippen molar-refractivity contribution in [3.05, 3.63) is 22.4 Å². The molecule has 4 heteroatoms. The molecule has 0 aliphatic carbocycles. The number of thiophene rings is 1. The Morgan fingerprint density at radius 1 is 1.47 bits per heavy atom. The Morgan fingerprint density at radius 3 is 2.94 bits per heavy atom. The summed E-state index contributed by atoms with van der Waals surface area (Å²) in [6.07, 6.45) is 3.57. The Labute approximate surface area is 107 Å². The largest absolute Gasteiger partial charge is 0.321 e. The van der Waals surface area contributed by atoms with Gasteiger partial charge in [-0.25, -0.2) is 0 Å². The molecule has 1 aromatic rings. The van der Waals surface area contributed by atoms with Gasteiger partial charge in [-0.15, -0.1) is 11.3 Å². The second kappa shape index (κ2) is 5.65. The van der Waals surface area contributed by atoms with Gasteiger partial charge in [-0.1, -0.05) is 25.8 Å². The van der Waals surface area contributed by atoms with Crippen LogP contribution in [0.3, 0.4) is 0 Å². The number of nitrogens with zero attached hydrogens (tertiary/aromatic N) is 1. The number of hydrogen-bond donors (Lipinski definition) is 1. The summed E-state index contributed by atoms with van der Waals surface area (Å²) in [6, 6.07) is 4.09. The van der Waals surface area contributed by atoms with Crippen molar-refractivity contribution in [2.24, 2.45) is 0 Å². The molecule has 1 N–H and O–H groups in total. The molecule has 94 valence electrons. The fourth-order valence-corrected chi connectivity index (χ4v) is 3.02. The van der Waals surface area contributed by atoms with E-state index in [1.165, 1.54) is 17.7 Å². The van der Waals surface area contributed by atoms with Gasteiger partial charge in [0.15, 0.2) is 0 Å². The van der Waals surface area contributed by atoms with Gasteiger partial charge in [0.2, 0.25) is 5.91 Å². The Bertz CT molecular complexity index is 364. The number of unbranched alkanes of at least 4 members (excludes halogenated alkanes) is 2. The van der Waals surface area contributed by atoms with E-state index in [1.54, 1.807) is 11.3 Å². The summed E-state index contributed by atoms with van der Waals surface area (Å²) < 4.78 is 0. The summed E-state index contributed by atoms with van der Waals surface area (Å²) in [5, 5.41) is 5.43. The number of nitrogens with one attached hydrogen (secondary N) is 1. The predicted octanol–water partition coefficient (Wildman–Crippen LogP) is 2.76. The third kappa shape index (κ3) is 2.69. The molecule has 0 saturated carbocycles. The van der Waals surface area contributed by atoms with Crippen molar-refractivity contribution in [2.45, 2.75) is 45.3 Å². The SMILES string of the molecule is CCCCCN1C(=O)C(C)NC1c1cccs1. The summed E-state index contributed by atoms with van der Waals surface area (Å²) >= 11 is 1.71. The molecular weight excluding hydrogens is 232 g/mol. The molecule has 3 nitrogen and oxygen atoms in total. The van der Waals surface area contributed by atoms with Crippen LogP contribution in [0.5, 0.6) is 0 Å². The lowest BCUT2D eigenvalue weighted by Gasteiger charge is -2.23. The van der Waals surface area contributed by atoms with Gasteiger partial charge in [0.25, 0.3) is 0 Å². The molecule has 1 aliphatic heterocycles. The highest BCUT2D eigenvalue weighted by atomic mass is 32.1. The molecule has 0 aromatic carbocycles. The maximum absolute atomic E-state index is 12.1. The first kappa shape index (κ1) is 12.6. The molecule has 0 bridgehead atoms. The van der Waals surface area contributed by atoms with Gasteiger partial charge in [0, 0.05) is 11.4 Å². The Balaban J connectivity index is 2.05. The molecule has 1 aromatic heterocycles. The topological polar surface area (TPSA) is 32.3 Å². The normalized spacial score (nSPS) is 24.6. The third-order valence-electron chi connectivity index (χ3n) is 3.19. The average Bonchev–Trinajstić information content (AvgIpc) is 2.92. The van der Waals surface area contributed by atoms with Crippen LogP contribution in [-0.4, -0.2) is 23.4 Å². The van der Waals surface area contributed by atoms with Crippen LogP contribution >= 0.6 is 11.3 Å². The number of rotatable bonds is 5. The maximum atomic E-state index is 12.1. The van der Waals surface area contributed by atoms with E-state index in [4.69, 9.17) is 0 Å². The van der Waals surface area contributed by atoms with Crippen molar-refractivity contribution in [1.29, 1.82) is 0 Å². The smallest absolute Gasteiger partial charge is 0.241 e. The molecule has 17 heavy (non-hydrogen) atoms. The van der Waals surface area contributed by atoms with E-state index in [-0.39, 0.29) is 18.1 Å². The second-order valence-corrected chi connectivity index (χ2v) is 5.52. The molecule has 1 amide bonds. The lowest BCUT2D eigenvalue weighted by Crippen LogP contribution is -2.31. The molecule has 2 rings (SSSR count). The van der Waals surface area contributed by atoms with Crippen LogP contribution in [0.4, 0.5) is 0 Å². The maximum Gasteiger partial charge on any atom is 0.241 e. The van der Waals surface area contributed by atoms with Crippen LogP contribution < -0.4 is 5.32 Å². The zero-order chi connectivity index (χ0) is 12.3. The predicted molar refractivity (Wildman–Crippen MR) is 70.9 cm³/mol. The highest BCUT2D eigenvalue weighted by Gasteiger charge is 2.36. The van der Waals surface area contributed by atoms with Crippen molar-refractivity contribution >= 4 is 17.2 Å². The van der Waals surface area contributed by atoms with Crippen molar-refractivity contribution in [1.82, 2.24) is 10.2 Å². The summed E-state index contributed by atoms with van der Waals surface area (Å²) in [5.41, 5.74) is 0. The van der Waals surface area contributed by atoms with Gasteiger partial charge in [0.05, 0.1) is 6.04 Å².